The quantitative estimate of drug-likeness (QED) is 0.795. The molecule has 2 aromatic rings. The Morgan fingerprint density at radius 1 is 1.11 bits per heavy atom. The third-order valence-corrected chi connectivity index (χ3v) is 6.03. The van der Waals surface area contributed by atoms with Crippen molar-refractivity contribution in [1.29, 1.82) is 0 Å². The maximum atomic E-state index is 12.9. The molecule has 0 unspecified atom stereocenters. The third-order valence-electron chi connectivity index (χ3n) is 5.80. The number of pyridine rings is 1. The molecule has 148 valence electrons. The van der Waals surface area contributed by atoms with Gasteiger partial charge in [0.25, 0.3) is 11.5 Å². The predicted octanol–water partition coefficient (Wildman–Crippen LogP) is 3.17. The molecule has 1 aromatic heterocycles. The number of nitrogens with zero attached hydrogens (tertiary/aromatic N) is 2. The second kappa shape index (κ2) is 8.50. The molecular weight excluding hydrogens is 376 g/mol. The van der Waals surface area contributed by atoms with Crippen molar-refractivity contribution < 1.29 is 9.53 Å². The molecule has 1 fully saturated rings. The fourth-order valence-corrected chi connectivity index (χ4v) is 4.38. The highest BCUT2D eigenvalue weighted by Crippen LogP contribution is 2.21. The van der Waals surface area contributed by atoms with Gasteiger partial charge >= 0.3 is 0 Å². The SMILES string of the molecule is O=C(c1cccc(Cl)c1)N1CCc2ccc(=O)n(CC3CCOCC3)c2CC1. The van der Waals surface area contributed by atoms with Crippen LogP contribution in [0.1, 0.15) is 34.5 Å². The number of carbonyl (C=O) groups is 1. The summed E-state index contributed by atoms with van der Waals surface area (Å²) in [5.74, 6) is 0.471. The molecule has 1 amide bonds. The highest BCUT2D eigenvalue weighted by Gasteiger charge is 2.23. The van der Waals surface area contributed by atoms with Crippen LogP contribution in [0, 0.1) is 5.92 Å². The molecule has 0 bridgehead atoms. The highest BCUT2D eigenvalue weighted by molar-refractivity contribution is 6.30. The molecule has 0 N–H and O–H groups in total. The molecule has 6 heteroatoms. The Hall–Kier alpha value is -2.11. The Balaban J connectivity index is 1.54. The van der Waals surface area contributed by atoms with Gasteiger partial charge in [0, 0.05) is 61.6 Å². The van der Waals surface area contributed by atoms with Crippen LogP contribution < -0.4 is 5.56 Å². The zero-order chi connectivity index (χ0) is 19.5. The summed E-state index contributed by atoms with van der Waals surface area (Å²) in [4.78, 5) is 27.4. The molecule has 28 heavy (non-hydrogen) atoms. The predicted molar refractivity (Wildman–Crippen MR) is 109 cm³/mol. The van der Waals surface area contributed by atoms with Crippen LogP contribution >= 0.6 is 11.6 Å². The van der Waals surface area contributed by atoms with Crippen LogP contribution in [-0.4, -0.2) is 41.7 Å². The number of benzene rings is 1. The van der Waals surface area contributed by atoms with Crippen molar-refractivity contribution in [2.45, 2.75) is 32.2 Å². The van der Waals surface area contributed by atoms with Gasteiger partial charge < -0.3 is 14.2 Å². The summed E-state index contributed by atoms with van der Waals surface area (Å²) in [5.41, 5.74) is 2.92. The fourth-order valence-electron chi connectivity index (χ4n) is 4.19. The van der Waals surface area contributed by atoms with Gasteiger partial charge in [-0.25, -0.2) is 0 Å². The summed E-state index contributed by atoms with van der Waals surface area (Å²) in [7, 11) is 0. The molecular formula is C22H25ClN2O3. The second-order valence-electron chi connectivity index (χ2n) is 7.61. The van der Waals surface area contributed by atoms with Gasteiger partial charge in [-0.2, -0.15) is 0 Å². The Morgan fingerprint density at radius 2 is 1.89 bits per heavy atom. The lowest BCUT2D eigenvalue weighted by Gasteiger charge is -2.25. The number of rotatable bonds is 3. The van der Waals surface area contributed by atoms with Crippen LogP contribution in [-0.2, 0) is 24.1 Å². The number of ether oxygens (including phenoxy) is 1. The van der Waals surface area contributed by atoms with Crippen molar-refractivity contribution in [2.75, 3.05) is 26.3 Å². The van der Waals surface area contributed by atoms with Crippen molar-refractivity contribution in [3.05, 3.63) is 68.6 Å². The first-order chi connectivity index (χ1) is 13.6. The van der Waals surface area contributed by atoms with Gasteiger partial charge in [0.1, 0.15) is 0 Å². The van der Waals surface area contributed by atoms with E-state index in [1.54, 1.807) is 30.3 Å². The lowest BCUT2D eigenvalue weighted by Crippen LogP contribution is -2.33. The molecule has 1 aromatic carbocycles. The smallest absolute Gasteiger partial charge is 0.253 e. The van der Waals surface area contributed by atoms with Crippen LogP contribution in [0.5, 0.6) is 0 Å². The molecule has 0 spiro atoms. The van der Waals surface area contributed by atoms with Gasteiger partial charge in [-0.1, -0.05) is 23.7 Å². The zero-order valence-electron chi connectivity index (χ0n) is 15.9. The molecule has 1 saturated heterocycles. The summed E-state index contributed by atoms with van der Waals surface area (Å²) in [6, 6.07) is 10.7. The maximum Gasteiger partial charge on any atom is 0.253 e. The molecule has 2 aliphatic rings. The monoisotopic (exact) mass is 400 g/mol. The van der Waals surface area contributed by atoms with E-state index in [1.165, 1.54) is 5.56 Å². The van der Waals surface area contributed by atoms with Crippen molar-refractivity contribution in [1.82, 2.24) is 9.47 Å². The van der Waals surface area contributed by atoms with Crippen molar-refractivity contribution in [3.63, 3.8) is 0 Å². The largest absolute Gasteiger partial charge is 0.381 e. The Kier molecular flexibility index (Phi) is 5.83. The summed E-state index contributed by atoms with van der Waals surface area (Å²) in [6.45, 7) is 3.55. The van der Waals surface area contributed by atoms with E-state index in [1.807, 2.05) is 15.5 Å². The number of fused-ring (bicyclic) bond motifs is 1. The number of halogens is 1. The lowest BCUT2D eigenvalue weighted by atomic mass is 9.99. The highest BCUT2D eigenvalue weighted by atomic mass is 35.5. The Morgan fingerprint density at radius 3 is 2.68 bits per heavy atom. The van der Waals surface area contributed by atoms with Crippen LogP contribution in [0.15, 0.2) is 41.2 Å². The van der Waals surface area contributed by atoms with E-state index in [0.29, 0.717) is 36.0 Å². The molecule has 0 atom stereocenters. The molecule has 0 saturated carbocycles. The van der Waals surface area contributed by atoms with E-state index in [-0.39, 0.29) is 11.5 Å². The Bertz CT molecular complexity index is 918. The topological polar surface area (TPSA) is 51.5 Å². The van der Waals surface area contributed by atoms with Gasteiger partial charge in [-0.3, -0.25) is 9.59 Å². The van der Waals surface area contributed by atoms with E-state index < -0.39 is 0 Å². The summed E-state index contributed by atoms with van der Waals surface area (Å²) >= 11 is 6.05. The molecule has 4 rings (SSSR count). The third kappa shape index (κ3) is 4.15. The first-order valence-electron chi connectivity index (χ1n) is 9.96. The normalized spacial score (nSPS) is 17.8. The molecule has 0 aliphatic carbocycles. The first-order valence-corrected chi connectivity index (χ1v) is 10.3. The van der Waals surface area contributed by atoms with E-state index in [2.05, 4.69) is 0 Å². The van der Waals surface area contributed by atoms with Crippen molar-refractivity contribution in [2.24, 2.45) is 5.92 Å². The summed E-state index contributed by atoms with van der Waals surface area (Å²) in [6.07, 6.45) is 3.45. The van der Waals surface area contributed by atoms with Crippen LogP contribution in [0.3, 0.4) is 0 Å². The summed E-state index contributed by atoms with van der Waals surface area (Å²) in [5, 5.41) is 0.564. The van der Waals surface area contributed by atoms with Crippen LogP contribution in [0.4, 0.5) is 0 Å². The van der Waals surface area contributed by atoms with Gasteiger partial charge in [0.05, 0.1) is 0 Å². The first kappa shape index (κ1) is 19.2. The minimum absolute atomic E-state index is 0.00590. The average molecular weight is 401 g/mol. The Labute approximate surface area is 169 Å². The van der Waals surface area contributed by atoms with Gasteiger partial charge in [0.15, 0.2) is 0 Å². The van der Waals surface area contributed by atoms with Crippen molar-refractivity contribution >= 4 is 17.5 Å². The van der Waals surface area contributed by atoms with E-state index in [9.17, 15) is 9.59 Å². The number of hydrogen-bond donors (Lipinski definition) is 0. The van der Waals surface area contributed by atoms with E-state index in [0.717, 1.165) is 44.7 Å². The van der Waals surface area contributed by atoms with E-state index in [4.69, 9.17) is 16.3 Å². The number of amides is 1. The van der Waals surface area contributed by atoms with E-state index >= 15 is 0 Å². The van der Waals surface area contributed by atoms with Gasteiger partial charge in [-0.15, -0.1) is 0 Å². The molecule has 3 heterocycles. The summed E-state index contributed by atoms with van der Waals surface area (Å²) < 4.78 is 7.39. The molecule has 2 aliphatic heterocycles. The minimum Gasteiger partial charge on any atom is -0.381 e. The number of carbonyl (C=O) groups excluding carboxylic acids is 1. The average Bonchev–Trinajstić information content (AvgIpc) is 2.93. The standard InChI is InChI=1S/C22H25ClN2O3/c23-19-3-1-2-18(14-19)22(27)24-10-6-17-4-5-21(26)25(20(17)7-11-24)15-16-8-12-28-13-9-16/h1-5,14,16H,6-13,15H2. The maximum absolute atomic E-state index is 12.9. The lowest BCUT2D eigenvalue weighted by molar-refractivity contribution is 0.0606. The minimum atomic E-state index is -0.00590. The zero-order valence-corrected chi connectivity index (χ0v) is 16.7. The van der Waals surface area contributed by atoms with Crippen LogP contribution in [0.2, 0.25) is 5.02 Å². The van der Waals surface area contributed by atoms with Crippen molar-refractivity contribution in [3.8, 4) is 0 Å². The number of hydrogen-bond acceptors (Lipinski definition) is 3. The molecule has 0 radical (unpaired) electrons. The molecule has 5 nitrogen and oxygen atoms in total. The second-order valence-corrected chi connectivity index (χ2v) is 8.05. The fraction of sp³-hybridized carbons (Fsp3) is 0.455. The van der Waals surface area contributed by atoms with Gasteiger partial charge in [-0.05, 0) is 48.9 Å². The number of aromatic nitrogens is 1. The van der Waals surface area contributed by atoms with Crippen LogP contribution in [0.25, 0.3) is 0 Å². The van der Waals surface area contributed by atoms with Gasteiger partial charge in [0.2, 0.25) is 0 Å².